The maximum Gasteiger partial charge on any atom is 0.323 e. The number of allylic oxidation sites excluding steroid dienone is 2. The van der Waals surface area contributed by atoms with Crippen LogP contribution in [0.1, 0.15) is 86.2 Å². The summed E-state index contributed by atoms with van der Waals surface area (Å²) in [6.07, 6.45) is 8.80. The molecule has 0 saturated heterocycles. The molecular weight excluding hydrogens is 682 g/mol. The fourth-order valence-electron chi connectivity index (χ4n) is 4.87. The molecule has 1 aliphatic rings. The summed E-state index contributed by atoms with van der Waals surface area (Å²) < 4.78 is 0. The zero-order valence-corrected chi connectivity index (χ0v) is 31.9. The highest BCUT2D eigenvalue weighted by Gasteiger charge is 2.23. The number of carbonyl (C=O) groups is 3. The van der Waals surface area contributed by atoms with Crippen molar-refractivity contribution in [3.63, 3.8) is 0 Å². The number of aromatic nitrogens is 1. The van der Waals surface area contributed by atoms with Crippen molar-refractivity contribution < 1.29 is 24.6 Å². The van der Waals surface area contributed by atoms with E-state index in [2.05, 4.69) is 40.1 Å². The first kappa shape index (κ1) is 43.1. The lowest BCUT2D eigenvalue weighted by Crippen LogP contribution is -2.35. The van der Waals surface area contributed by atoms with Crippen LogP contribution in [0.5, 0.6) is 0 Å². The zero-order valence-electron chi connectivity index (χ0n) is 31.1. The molecule has 4 rings (SSSR count). The summed E-state index contributed by atoms with van der Waals surface area (Å²) in [5, 5.41) is 36.3. The van der Waals surface area contributed by atoms with Gasteiger partial charge in [0.05, 0.1) is 41.0 Å². The minimum atomic E-state index is -0.483. The lowest BCUT2D eigenvalue weighted by Gasteiger charge is -2.28. The second-order valence-corrected chi connectivity index (χ2v) is 11.6. The standard InChI is InChI=1S/C34H38ClN7O5.C3H8.C2H6/c1-4-7-30-29(39-34(47)40-31-21(3)19-36-20-27(31)35)18-28(41-42(30)5-2)23-9-6-8-22(14-23)24-15-25(32(45)37-10-12-43)17-26(16-24)33(46)38-11-13-44;1-3-2;1-2/h6-9,14-20,43-44H,4-5,10-13H2,1-3H3,(H,37,45)(H,38,46)(H2,36,39,40,47);3H2,1-2H3;1-2H3/b30-7+;;. The molecule has 0 atom stereocenters. The molecule has 0 bridgehead atoms. The van der Waals surface area contributed by atoms with E-state index in [9.17, 15) is 14.4 Å². The summed E-state index contributed by atoms with van der Waals surface area (Å²) in [7, 11) is 0. The van der Waals surface area contributed by atoms with E-state index >= 15 is 0 Å². The molecule has 52 heavy (non-hydrogen) atoms. The molecule has 4 amide bonds. The Bertz CT molecular complexity index is 1700. The normalized spacial score (nSPS) is 12.7. The number of rotatable bonds is 12. The molecule has 2 heterocycles. The third-order valence-electron chi connectivity index (χ3n) is 7.08. The second-order valence-electron chi connectivity index (χ2n) is 11.2. The molecular formula is C39H52ClN7O5. The summed E-state index contributed by atoms with van der Waals surface area (Å²) in [5.41, 5.74) is 5.53. The van der Waals surface area contributed by atoms with Crippen LogP contribution in [0.4, 0.5) is 10.5 Å². The average molecular weight is 734 g/mol. The Morgan fingerprint density at radius 1 is 0.846 bits per heavy atom. The fourth-order valence-corrected chi connectivity index (χ4v) is 5.12. The zero-order chi connectivity index (χ0) is 38.6. The first-order valence-electron chi connectivity index (χ1n) is 17.6. The van der Waals surface area contributed by atoms with Crippen LogP contribution >= 0.6 is 11.6 Å². The number of likely N-dealkylation sites (N-methyl/N-ethyl adjacent to an activating group) is 1. The number of urea groups is 1. The Morgan fingerprint density at radius 2 is 1.44 bits per heavy atom. The fraction of sp³-hybridized carbons (Fsp3) is 0.359. The van der Waals surface area contributed by atoms with Gasteiger partial charge in [-0.1, -0.05) is 76.9 Å². The van der Waals surface area contributed by atoms with Gasteiger partial charge in [0.2, 0.25) is 0 Å². The van der Waals surface area contributed by atoms with Gasteiger partial charge in [-0.3, -0.25) is 19.6 Å². The molecule has 3 aromatic rings. The topological polar surface area (TPSA) is 168 Å². The molecule has 1 aromatic heterocycles. The van der Waals surface area contributed by atoms with Crippen molar-refractivity contribution in [1.29, 1.82) is 0 Å². The van der Waals surface area contributed by atoms with Crippen LogP contribution in [0, 0.1) is 6.92 Å². The van der Waals surface area contributed by atoms with Gasteiger partial charge >= 0.3 is 6.03 Å². The first-order valence-corrected chi connectivity index (χ1v) is 18.0. The Hall–Kier alpha value is -5.04. The molecule has 0 unspecified atom stereocenters. The van der Waals surface area contributed by atoms with Crippen LogP contribution in [0.15, 0.2) is 83.5 Å². The molecule has 280 valence electrons. The summed E-state index contributed by atoms with van der Waals surface area (Å²) in [6, 6.07) is 11.8. The minimum absolute atomic E-state index is 0.0583. The Kier molecular flexibility index (Phi) is 18.8. The predicted molar refractivity (Wildman–Crippen MR) is 210 cm³/mol. The lowest BCUT2D eigenvalue weighted by atomic mass is 9.96. The van der Waals surface area contributed by atoms with Gasteiger partial charge in [0.25, 0.3) is 11.8 Å². The highest BCUT2D eigenvalue weighted by atomic mass is 35.5. The van der Waals surface area contributed by atoms with Crippen molar-refractivity contribution in [2.24, 2.45) is 5.10 Å². The molecule has 2 aromatic carbocycles. The number of benzene rings is 2. The Balaban J connectivity index is 0.00000178. The molecule has 0 aliphatic carbocycles. The van der Waals surface area contributed by atoms with E-state index in [-0.39, 0.29) is 37.4 Å². The van der Waals surface area contributed by atoms with Crippen LogP contribution < -0.4 is 21.3 Å². The number of amides is 4. The highest BCUT2D eigenvalue weighted by molar-refractivity contribution is 6.33. The number of carbonyl (C=O) groups excluding carboxylic acids is 3. The van der Waals surface area contributed by atoms with Crippen LogP contribution in [-0.4, -0.2) is 76.6 Å². The number of aryl methyl sites for hydroxylation is 1. The molecule has 0 spiro atoms. The lowest BCUT2D eigenvalue weighted by molar-refractivity contribution is 0.0944. The maximum absolute atomic E-state index is 13.2. The van der Waals surface area contributed by atoms with Crippen LogP contribution in [-0.2, 0) is 0 Å². The third kappa shape index (κ3) is 12.3. The molecule has 13 heteroatoms. The maximum atomic E-state index is 13.2. The van der Waals surface area contributed by atoms with Crippen molar-refractivity contribution in [2.45, 2.75) is 61.3 Å². The van der Waals surface area contributed by atoms with Crippen molar-refractivity contribution in [2.75, 3.05) is 38.2 Å². The van der Waals surface area contributed by atoms with Gasteiger partial charge < -0.3 is 31.5 Å². The SMILES string of the molecule is CC.CC/C=C1\C(NC(=O)Nc2c(C)cncc2Cl)=CC(c2cccc(-c3cc(C(=O)NCCO)cc(C(=O)NCCO)c3)c2)=NN1CC.CCC. The van der Waals surface area contributed by atoms with Crippen LogP contribution in [0.25, 0.3) is 11.1 Å². The highest BCUT2D eigenvalue weighted by Crippen LogP contribution is 2.28. The average Bonchev–Trinajstić information content (AvgIpc) is 3.16. The largest absolute Gasteiger partial charge is 0.395 e. The predicted octanol–water partition coefficient (Wildman–Crippen LogP) is 6.64. The van der Waals surface area contributed by atoms with Crippen LogP contribution in [0.3, 0.4) is 0 Å². The number of hydrogen-bond donors (Lipinski definition) is 6. The van der Waals surface area contributed by atoms with E-state index < -0.39 is 17.8 Å². The number of anilines is 1. The van der Waals surface area contributed by atoms with Gasteiger partial charge in [0, 0.05) is 48.7 Å². The van der Waals surface area contributed by atoms with Gasteiger partial charge in [0.15, 0.2) is 0 Å². The Morgan fingerprint density at radius 3 is 1.98 bits per heavy atom. The van der Waals surface area contributed by atoms with E-state index in [1.807, 2.05) is 63.0 Å². The summed E-state index contributed by atoms with van der Waals surface area (Å²) in [4.78, 5) is 42.9. The van der Waals surface area contributed by atoms with Crippen molar-refractivity contribution >= 4 is 40.8 Å². The summed E-state index contributed by atoms with van der Waals surface area (Å²) in [5.74, 6) is -0.891. The van der Waals surface area contributed by atoms with Crippen molar-refractivity contribution in [3.05, 3.63) is 106 Å². The third-order valence-corrected chi connectivity index (χ3v) is 7.37. The Labute approximate surface area is 312 Å². The number of pyridine rings is 1. The minimum Gasteiger partial charge on any atom is -0.395 e. The molecule has 1 aliphatic heterocycles. The molecule has 0 radical (unpaired) electrons. The van der Waals surface area contributed by atoms with E-state index in [1.165, 1.54) is 18.7 Å². The number of hydrazone groups is 1. The summed E-state index contributed by atoms with van der Waals surface area (Å²) >= 11 is 6.28. The first-order chi connectivity index (χ1) is 25.1. The second kappa shape index (κ2) is 22.7. The van der Waals surface area contributed by atoms with Crippen molar-refractivity contribution in [3.8, 4) is 11.1 Å². The van der Waals surface area contributed by atoms with E-state index in [0.29, 0.717) is 51.8 Å². The molecule has 0 fully saturated rings. The number of aliphatic hydroxyl groups is 2. The quantitative estimate of drug-likeness (QED) is 0.121. The monoisotopic (exact) mass is 733 g/mol. The van der Waals surface area contributed by atoms with Crippen molar-refractivity contribution in [1.82, 2.24) is 25.9 Å². The van der Waals surface area contributed by atoms with Gasteiger partial charge in [0.1, 0.15) is 0 Å². The smallest absolute Gasteiger partial charge is 0.323 e. The molecule has 6 N–H and O–H groups in total. The number of hydrogen-bond acceptors (Lipinski definition) is 8. The number of nitrogens with one attached hydrogen (secondary N) is 4. The number of halogens is 1. The van der Waals surface area contributed by atoms with E-state index in [1.54, 1.807) is 31.3 Å². The van der Waals surface area contributed by atoms with Gasteiger partial charge in [-0.2, -0.15) is 5.10 Å². The number of nitrogens with zero attached hydrogens (tertiary/aromatic N) is 3. The number of aliphatic hydroxyl groups excluding tert-OH is 2. The molecule has 0 saturated carbocycles. The molecule has 12 nitrogen and oxygen atoms in total. The van der Waals surface area contributed by atoms with Gasteiger partial charge in [-0.05, 0) is 67.3 Å². The summed E-state index contributed by atoms with van der Waals surface area (Å²) in [6.45, 7) is 14.2. The van der Waals surface area contributed by atoms with Gasteiger partial charge in [-0.25, -0.2) is 4.79 Å². The van der Waals surface area contributed by atoms with Crippen LogP contribution in [0.2, 0.25) is 5.02 Å². The van der Waals surface area contributed by atoms with E-state index in [0.717, 1.165) is 11.3 Å². The van der Waals surface area contributed by atoms with Gasteiger partial charge in [-0.15, -0.1) is 0 Å². The van der Waals surface area contributed by atoms with E-state index in [4.69, 9.17) is 26.9 Å².